The first-order chi connectivity index (χ1) is 12.2. The molecule has 0 bridgehead atoms. The molecular formula is C18H26N4O2S. The molecule has 1 aromatic heterocycles. The summed E-state index contributed by atoms with van der Waals surface area (Å²) in [6.07, 6.45) is 7.13. The predicted octanol–water partition coefficient (Wildman–Crippen LogP) is 4.16. The largest absolute Gasteiger partial charge is 0.490 e. The molecule has 0 N–H and O–H groups in total. The van der Waals surface area contributed by atoms with Crippen molar-refractivity contribution in [3.05, 3.63) is 29.6 Å². The van der Waals surface area contributed by atoms with Crippen molar-refractivity contribution in [1.29, 1.82) is 0 Å². The maximum atomic E-state index is 5.85. The van der Waals surface area contributed by atoms with E-state index in [1.165, 1.54) is 24.6 Å². The molecule has 0 saturated heterocycles. The maximum Gasteiger partial charge on any atom is 0.211 e. The number of ether oxygens (including phenoxy) is 2. The third-order valence-electron chi connectivity index (χ3n) is 3.55. The Balaban J connectivity index is 2.14. The lowest BCUT2D eigenvalue weighted by Gasteiger charge is -2.12. The van der Waals surface area contributed by atoms with Gasteiger partial charge in [0.15, 0.2) is 17.3 Å². The van der Waals surface area contributed by atoms with Crippen LogP contribution in [0.3, 0.4) is 0 Å². The number of aryl methyl sites for hydroxylation is 1. The van der Waals surface area contributed by atoms with Crippen LogP contribution in [0.15, 0.2) is 28.5 Å². The van der Waals surface area contributed by atoms with Crippen LogP contribution in [0.5, 0.6) is 11.5 Å². The lowest BCUT2D eigenvalue weighted by molar-refractivity contribution is 0.271. The van der Waals surface area contributed by atoms with Gasteiger partial charge in [-0.15, -0.1) is 10.2 Å². The van der Waals surface area contributed by atoms with Crippen LogP contribution in [0.25, 0.3) is 0 Å². The van der Waals surface area contributed by atoms with E-state index in [9.17, 15) is 0 Å². The lowest BCUT2D eigenvalue weighted by atomic mass is 10.2. The van der Waals surface area contributed by atoms with Crippen molar-refractivity contribution in [2.24, 2.45) is 5.10 Å². The van der Waals surface area contributed by atoms with Gasteiger partial charge in [0.2, 0.25) is 5.16 Å². The van der Waals surface area contributed by atoms with Crippen LogP contribution in [0, 0.1) is 6.92 Å². The molecule has 0 aliphatic rings. The van der Waals surface area contributed by atoms with Crippen molar-refractivity contribution in [2.75, 3.05) is 19.5 Å². The number of nitrogens with zero attached hydrogens (tertiary/aromatic N) is 4. The average Bonchev–Trinajstić information content (AvgIpc) is 2.98. The van der Waals surface area contributed by atoms with Crippen LogP contribution < -0.4 is 9.47 Å². The Bertz CT molecular complexity index is 700. The van der Waals surface area contributed by atoms with Crippen LogP contribution >= 0.6 is 11.8 Å². The molecule has 1 heterocycles. The van der Waals surface area contributed by atoms with Gasteiger partial charge in [0, 0.05) is 0 Å². The zero-order chi connectivity index (χ0) is 18.1. The molecule has 6 nitrogen and oxygen atoms in total. The average molecular weight is 362 g/mol. The number of hydrogen-bond donors (Lipinski definition) is 0. The zero-order valence-corrected chi connectivity index (χ0v) is 16.2. The molecule has 7 heteroatoms. The molecule has 0 radical (unpaired) electrons. The smallest absolute Gasteiger partial charge is 0.211 e. The normalized spacial score (nSPS) is 11.2. The molecule has 2 aromatic rings. The summed E-state index contributed by atoms with van der Waals surface area (Å²) in [5.41, 5.74) is 0.935. The first-order valence-electron chi connectivity index (χ1n) is 8.59. The van der Waals surface area contributed by atoms with Gasteiger partial charge in [0.05, 0.1) is 19.4 Å². The molecule has 0 saturated carbocycles. The summed E-state index contributed by atoms with van der Waals surface area (Å²) in [4.78, 5) is 0. The zero-order valence-electron chi connectivity index (χ0n) is 15.4. The maximum absolute atomic E-state index is 5.85. The summed E-state index contributed by atoms with van der Waals surface area (Å²) in [5.74, 6) is 2.27. The molecular weight excluding hydrogens is 336 g/mol. The van der Waals surface area contributed by atoms with Gasteiger partial charge in [-0.05, 0) is 50.3 Å². The molecule has 0 atom stereocenters. The summed E-state index contributed by atoms with van der Waals surface area (Å²) in [5, 5.41) is 13.3. The molecule has 0 unspecified atom stereocenters. The van der Waals surface area contributed by atoms with Gasteiger partial charge in [-0.3, -0.25) is 0 Å². The van der Waals surface area contributed by atoms with Crippen molar-refractivity contribution in [3.63, 3.8) is 0 Å². The number of hydrogen-bond acceptors (Lipinski definition) is 6. The van der Waals surface area contributed by atoms with Gasteiger partial charge in [0.25, 0.3) is 0 Å². The summed E-state index contributed by atoms with van der Waals surface area (Å²) in [7, 11) is 0. The molecule has 2 rings (SSSR count). The van der Waals surface area contributed by atoms with Gasteiger partial charge in [-0.2, -0.15) is 9.78 Å². The number of benzene rings is 1. The molecule has 0 amide bonds. The SMILES string of the molecule is CCCCCOc1ccc(/C=N\n2c(C)nnc2SC)cc1OCC. The van der Waals surface area contributed by atoms with Crippen LogP contribution in [0.4, 0.5) is 0 Å². The molecule has 25 heavy (non-hydrogen) atoms. The van der Waals surface area contributed by atoms with Gasteiger partial charge >= 0.3 is 0 Å². The fourth-order valence-corrected chi connectivity index (χ4v) is 2.72. The second kappa shape index (κ2) is 10.1. The molecule has 0 aliphatic heterocycles. The third kappa shape index (κ3) is 5.49. The van der Waals surface area contributed by atoms with E-state index in [4.69, 9.17) is 9.47 Å². The van der Waals surface area contributed by atoms with Gasteiger partial charge < -0.3 is 9.47 Å². The van der Waals surface area contributed by atoms with Crippen LogP contribution in [0.1, 0.15) is 44.5 Å². The van der Waals surface area contributed by atoms with Crippen molar-refractivity contribution in [3.8, 4) is 11.5 Å². The fourth-order valence-electron chi connectivity index (χ4n) is 2.25. The Morgan fingerprint density at radius 1 is 1.16 bits per heavy atom. The molecule has 1 aromatic carbocycles. The summed E-state index contributed by atoms with van der Waals surface area (Å²) in [6.45, 7) is 7.32. The Morgan fingerprint density at radius 2 is 2.00 bits per heavy atom. The minimum atomic E-state index is 0.590. The second-order valence-electron chi connectivity index (χ2n) is 5.49. The quantitative estimate of drug-likeness (QED) is 0.361. The third-order valence-corrected chi connectivity index (χ3v) is 4.17. The van der Waals surface area contributed by atoms with Gasteiger partial charge in [0.1, 0.15) is 0 Å². The monoisotopic (exact) mass is 362 g/mol. The van der Waals surface area contributed by atoms with E-state index in [0.717, 1.165) is 34.5 Å². The predicted molar refractivity (Wildman–Crippen MR) is 102 cm³/mol. The van der Waals surface area contributed by atoms with Crippen LogP contribution in [-0.2, 0) is 0 Å². The van der Waals surface area contributed by atoms with E-state index in [2.05, 4.69) is 22.2 Å². The Morgan fingerprint density at radius 3 is 2.72 bits per heavy atom. The Hall–Kier alpha value is -2.02. The lowest BCUT2D eigenvalue weighted by Crippen LogP contribution is -2.02. The molecule has 0 fully saturated rings. The number of unbranched alkanes of at least 4 members (excludes halogenated alkanes) is 2. The Labute approximate surface area is 153 Å². The minimum absolute atomic E-state index is 0.590. The standard InChI is InChI=1S/C18H26N4O2S/c1-5-7-8-11-24-16-10-9-15(12-17(16)23-6-2)13-19-22-14(3)20-21-18(22)25-4/h9-10,12-13H,5-8,11H2,1-4H3/b19-13-. The van der Waals surface area contributed by atoms with Crippen molar-refractivity contribution in [1.82, 2.24) is 14.9 Å². The van der Waals surface area contributed by atoms with E-state index < -0.39 is 0 Å². The fraction of sp³-hybridized carbons (Fsp3) is 0.500. The van der Waals surface area contributed by atoms with Crippen molar-refractivity contribution >= 4 is 18.0 Å². The minimum Gasteiger partial charge on any atom is -0.490 e. The molecule has 0 aliphatic carbocycles. The highest BCUT2D eigenvalue weighted by molar-refractivity contribution is 7.98. The van der Waals surface area contributed by atoms with E-state index in [0.29, 0.717) is 13.2 Å². The van der Waals surface area contributed by atoms with E-state index in [-0.39, 0.29) is 0 Å². The second-order valence-corrected chi connectivity index (χ2v) is 6.26. The highest BCUT2D eigenvalue weighted by Gasteiger charge is 2.08. The molecule has 136 valence electrons. The van der Waals surface area contributed by atoms with Crippen molar-refractivity contribution < 1.29 is 9.47 Å². The molecule has 0 spiro atoms. The van der Waals surface area contributed by atoms with Gasteiger partial charge in [-0.25, -0.2) is 0 Å². The van der Waals surface area contributed by atoms with E-state index >= 15 is 0 Å². The highest BCUT2D eigenvalue weighted by Crippen LogP contribution is 2.28. The topological polar surface area (TPSA) is 61.5 Å². The van der Waals surface area contributed by atoms with Crippen LogP contribution in [0.2, 0.25) is 0 Å². The summed E-state index contributed by atoms with van der Waals surface area (Å²) < 4.78 is 13.3. The Kier molecular flexibility index (Phi) is 7.78. The van der Waals surface area contributed by atoms with E-state index in [1.54, 1.807) is 10.9 Å². The van der Waals surface area contributed by atoms with E-state index in [1.807, 2.05) is 38.3 Å². The summed E-state index contributed by atoms with van der Waals surface area (Å²) in [6, 6.07) is 5.85. The number of aromatic nitrogens is 3. The van der Waals surface area contributed by atoms with Crippen molar-refractivity contribution in [2.45, 2.75) is 45.2 Å². The number of thioether (sulfide) groups is 1. The summed E-state index contributed by atoms with van der Waals surface area (Å²) >= 11 is 1.51. The van der Waals surface area contributed by atoms with Gasteiger partial charge in [-0.1, -0.05) is 31.5 Å². The first kappa shape index (κ1) is 19.3. The number of rotatable bonds is 10. The van der Waals surface area contributed by atoms with Crippen LogP contribution in [-0.4, -0.2) is 40.6 Å². The first-order valence-corrected chi connectivity index (χ1v) is 9.82. The highest BCUT2D eigenvalue weighted by atomic mass is 32.2.